The lowest BCUT2D eigenvalue weighted by Crippen LogP contribution is -2.54. The van der Waals surface area contributed by atoms with Crippen molar-refractivity contribution in [2.24, 2.45) is 10.7 Å². The molecule has 0 aliphatic carbocycles. The number of amidine groups is 1. The Morgan fingerprint density at radius 2 is 2.15 bits per heavy atom. The maximum absolute atomic E-state index is 13.0. The minimum atomic E-state index is -1.14. The second-order valence-corrected chi connectivity index (χ2v) is 9.84. The van der Waals surface area contributed by atoms with Crippen LogP contribution >= 0.6 is 22.9 Å². The Hall–Kier alpha value is -1.79. The fourth-order valence-electron chi connectivity index (χ4n) is 3.45. The van der Waals surface area contributed by atoms with Crippen molar-refractivity contribution >= 4 is 39.6 Å². The quantitative estimate of drug-likeness (QED) is 0.804. The monoisotopic (exact) mass is 420 g/mol. The number of nitriles is 1. The second kappa shape index (κ2) is 7.32. The Kier molecular flexibility index (Phi) is 5.03. The van der Waals surface area contributed by atoms with E-state index in [9.17, 15) is 4.21 Å². The molecule has 0 aromatic carbocycles. The number of thiophene rings is 1. The maximum atomic E-state index is 13.0. The van der Waals surface area contributed by atoms with Crippen molar-refractivity contribution in [2.45, 2.75) is 23.6 Å². The summed E-state index contributed by atoms with van der Waals surface area (Å²) in [5.41, 5.74) is 7.59. The first-order valence-electron chi connectivity index (χ1n) is 8.48. The van der Waals surface area contributed by atoms with E-state index >= 15 is 0 Å². The molecule has 6 nitrogen and oxygen atoms in total. The Bertz CT molecular complexity index is 976. The van der Waals surface area contributed by atoms with E-state index in [1.807, 2.05) is 6.07 Å². The number of hydrogen-bond donors (Lipinski definition) is 1. The molecule has 4 heterocycles. The van der Waals surface area contributed by atoms with Crippen LogP contribution in [0.5, 0.6) is 0 Å². The van der Waals surface area contributed by atoms with Crippen LogP contribution in [0.1, 0.15) is 29.3 Å². The standard InChI is InChI=1S/C18H17ClN4O2S2/c19-13-6-15(12-5-11(7-20)8-22-9-12)26-16(13)14-10-27(24)18(17(21)23-14)1-3-25-4-2-18/h5-6,8-9,14H,1-4,10H2,(H2,21,23). The van der Waals surface area contributed by atoms with Gasteiger partial charge in [-0.25, -0.2) is 0 Å². The van der Waals surface area contributed by atoms with Crippen LogP contribution in [0.15, 0.2) is 29.5 Å². The Morgan fingerprint density at radius 1 is 1.37 bits per heavy atom. The van der Waals surface area contributed by atoms with Crippen LogP contribution in [0, 0.1) is 11.3 Å². The minimum Gasteiger partial charge on any atom is -0.386 e. The van der Waals surface area contributed by atoms with Crippen LogP contribution in [-0.2, 0) is 15.5 Å². The number of aromatic nitrogens is 1. The molecule has 2 aliphatic rings. The fourth-order valence-corrected chi connectivity index (χ4v) is 6.80. The Balaban J connectivity index is 1.68. The highest BCUT2D eigenvalue weighted by molar-refractivity contribution is 7.87. The topological polar surface area (TPSA) is 101 Å². The summed E-state index contributed by atoms with van der Waals surface area (Å²) in [7, 11) is -1.14. The summed E-state index contributed by atoms with van der Waals surface area (Å²) < 4.78 is 17.9. The predicted octanol–water partition coefficient (Wildman–Crippen LogP) is 3.04. The lowest BCUT2D eigenvalue weighted by molar-refractivity contribution is 0.0890. The summed E-state index contributed by atoms with van der Waals surface area (Å²) >= 11 is 7.94. The van der Waals surface area contributed by atoms with Crippen LogP contribution in [0.25, 0.3) is 10.4 Å². The number of nitrogens with zero attached hydrogens (tertiary/aromatic N) is 3. The average Bonchev–Trinajstić information content (AvgIpc) is 3.08. The largest absolute Gasteiger partial charge is 0.386 e. The third-order valence-electron chi connectivity index (χ3n) is 4.97. The molecular weight excluding hydrogens is 404 g/mol. The average molecular weight is 421 g/mol. The number of pyridine rings is 1. The molecule has 1 fully saturated rings. The smallest absolute Gasteiger partial charge is 0.114 e. The summed E-state index contributed by atoms with van der Waals surface area (Å²) in [6.07, 6.45) is 4.48. The molecule has 2 aliphatic heterocycles. The number of ether oxygens (including phenoxy) is 1. The number of aliphatic imine (C=N–C) groups is 1. The van der Waals surface area contributed by atoms with Gasteiger partial charge in [-0.05, 0) is 25.0 Å². The van der Waals surface area contributed by atoms with E-state index in [-0.39, 0.29) is 6.04 Å². The van der Waals surface area contributed by atoms with E-state index in [1.165, 1.54) is 17.5 Å². The van der Waals surface area contributed by atoms with Gasteiger partial charge in [-0.1, -0.05) is 11.6 Å². The first kappa shape index (κ1) is 18.6. The van der Waals surface area contributed by atoms with Crippen LogP contribution in [0.2, 0.25) is 5.02 Å². The Morgan fingerprint density at radius 3 is 2.85 bits per heavy atom. The molecule has 0 amide bonds. The van der Waals surface area contributed by atoms with Crippen molar-refractivity contribution in [1.82, 2.24) is 4.98 Å². The lowest BCUT2D eigenvalue weighted by atomic mass is 9.97. The third kappa shape index (κ3) is 3.29. The molecule has 2 atom stereocenters. The zero-order valence-corrected chi connectivity index (χ0v) is 16.7. The number of hydrogen-bond acceptors (Lipinski definition) is 7. The minimum absolute atomic E-state index is 0.322. The SMILES string of the molecule is N#Cc1cncc(-c2cc(Cl)c(C3CS(=O)C4(CCOCC4)C(N)=N3)s2)c1. The van der Waals surface area contributed by atoms with Gasteiger partial charge in [0.2, 0.25) is 0 Å². The molecule has 27 heavy (non-hydrogen) atoms. The third-order valence-corrected chi connectivity index (χ3v) is 8.79. The summed E-state index contributed by atoms with van der Waals surface area (Å²) in [4.78, 5) is 10.5. The van der Waals surface area contributed by atoms with Crippen molar-refractivity contribution in [2.75, 3.05) is 19.0 Å². The molecule has 2 unspecified atom stereocenters. The first-order chi connectivity index (χ1) is 13.0. The molecule has 2 aromatic rings. The molecule has 0 radical (unpaired) electrons. The molecule has 2 aromatic heterocycles. The number of nitrogens with two attached hydrogens (primary N) is 1. The summed E-state index contributed by atoms with van der Waals surface area (Å²) in [6, 6.07) is 5.38. The van der Waals surface area contributed by atoms with Gasteiger partial charge >= 0.3 is 0 Å². The summed E-state index contributed by atoms with van der Waals surface area (Å²) in [5.74, 6) is 0.844. The van der Waals surface area contributed by atoms with Gasteiger partial charge in [0.05, 0.1) is 22.4 Å². The normalized spacial score (nSPS) is 24.4. The molecule has 140 valence electrons. The molecule has 1 saturated heterocycles. The van der Waals surface area contributed by atoms with Gasteiger partial charge in [-0.15, -0.1) is 11.3 Å². The molecule has 4 rings (SSSR count). The summed E-state index contributed by atoms with van der Waals surface area (Å²) in [5, 5.41) is 9.63. The first-order valence-corrected chi connectivity index (χ1v) is 11.0. The van der Waals surface area contributed by atoms with Gasteiger partial charge in [0.1, 0.15) is 16.7 Å². The maximum Gasteiger partial charge on any atom is 0.114 e. The highest BCUT2D eigenvalue weighted by Gasteiger charge is 2.46. The summed E-state index contributed by atoms with van der Waals surface area (Å²) in [6.45, 7) is 1.11. The zero-order valence-electron chi connectivity index (χ0n) is 14.4. The molecule has 0 bridgehead atoms. The van der Waals surface area contributed by atoms with Gasteiger partial charge < -0.3 is 10.5 Å². The van der Waals surface area contributed by atoms with Crippen molar-refractivity contribution in [3.8, 4) is 16.5 Å². The van der Waals surface area contributed by atoms with Crippen molar-refractivity contribution in [3.05, 3.63) is 40.0 Å². The van der Waals surface area contributed by atoms with Crippen LogP contribution < -0.4 is 5.73 Å². The van der Waals surface area contributed by atoms with E-state index in [1.54, 1.807) is 12.3 Å². The van der Waals surface area contributed by atoms with E-state index in [2.05, 4.69) is 16.0 Å². The van der Waals surface area contributed by atoms with E-state index in [0.29, 0.717) is 48.2 Å². The van der Waals surface area contributed by atoms with Gasteiger partial charge in [0, 0.05) is 51.7 Å². The van der Waals surface area contributed by atoms with E-state index in [0.717, 1.165) is 15.3 Å². The lowest BCUT2D eigenvalue weighted by Gasteiger charge is -2.39. The van der Waals surface area contributed by atoms with Crippen LogP contribution in [-0.4, -0.2) is 38.7 Å². The molecular formula is C18H17ClN4O2S2. The highest BCUT2D eigenvalue weighted by Crippen LogP contribution is 2.43. The zero-order chi connectivity index (χ0) is 19.0. The fraction of sp³-hybridized carbons (Fsp3) is 0.389. The van der Waals surface area contributed by atoms with Crippen molar-refractivity contribution in [3.63, 3.8) is 0 Å². The highest BCUT2D eigenvalue weighted by atomic mass is 35.5. The molecule has 2 N–H and O–H groups in total. The van der Waals surface area contributed by atoms with Gasteiger partial charge in [0.15, 0.2) is 0 Å². The molecule has 1 spiro atoms. The predicted molar refractivity (Wildman–Crippen MR) is 107 cm³/mol. The van der Waals surface area contributed by atoms with Crippen molar-refractivity contribution < 1.29 is 8.95 Å². The van der Waals surface area contributed by atoms with Crippen molar-refractivity contribution in [1.29, 1.82) is 5.26 Å². The number of rotatable bonds is 2. The van der Waals surface area contributed by atoms with Crippen LogP contribution in [0.3, 0.4) is 0 Å². The second-order valence-electron chi connectivity index (χ2n) is 6.55. The molecule has 0 saturated carbocycles. The molecule has 9 heteroatoms. The van der Waals surface area contributed by atoms with Gasteiger partial charge in [-0.2, -0.15) is 5.26 Å². The van der Waals surface area contributed by atoms with E-state index < -0.39 is 15.5 Å². The Labute approximate surface area is 168 Å². The van der Waals surface area contributed by atoms with Gasteiger partial charge in [0.25, 0.3) is 0 Å². The van der Waals surface area contributed by atoms with E-state index in [4.69, 9.17) is 27.3 Å². The number of halogens is 1. The van der Waals surface area contributed by atoms with Crippen LogP contribution in [0.4, 0.5) is 0 Å². The van der Waals surface area contributed by atoms with Gasteiger partial charge in [-0.3, -0.25) is 14.2 Å².